The minimum atomic E-state index is -3.08. The minimum absolute atomic E-state index is 0.145. The van der Waals surface area contributed by atoms with Crippen LogP contribution in [-0.2, 0) is 14.6 Å². The molecule has 0 atom stereocenters. The molecule has 5 nitrogen and oxygen atoms in total. The van der Waals surface area contributed by atoms with Crippen LogP contribution >= 0.6 is 11.3 Å². The van der Waals surface area contributed by atoms with Gasteiger partial charge in [0.1, 0.15) is 15.7 Å². The van der Waals surface area contributed by atoms with Gasteiger partial charge in [-0.2, -0.15) is 0 Å². The van der Waals surface area contributed by atoms with Gasteiger partial charge in [0.15, 0.2) is 5.13 Å². The molecule has 0 radical (unpaired) electrons. The predicted octanol–water partition coefficient (Wildman–Crippen LogP) is 3.20. The molecule has 0 saturated carbocycles. The highest BCUT2D eigenvalue weighted by molar-refractivity contribution is 7.90. The smallest absolute Gasteiger partial charge is 0.183 e. The van der Waals surface area contributed by atoms with Gasteiger partial charge in [-0.25, -0.2) is 17.8 Å². The van der Waals surface area contributed by atoms with Crippen molar-refractivity contribution in [2.45, 2.75) is 12.8 Å². The maximum absolute atomic E-state index is 13.0. The highest BCUT2D eigenvalue weighted by Gasteiger charge is 2.36. The number of nitrogens with zero attached hydrogens (tertiary/aromatic N) is 1. The molecule has 8 heteroatoms. The summed E-state index contributed by atoms with van der Waals surface area (Å²) in [5.74, 6) is -0.133. The molecule has 1 aromatic carbocycles. The number of ether oxygens (including phenoxy) is 1. The first-order valence-electron chi connectivity index (χ1n) is 8.06. The topological polar surface area (TPSA) is 68.3 Å². The second-order valence-corrected chi connectivity index (χ2v) is 9.58. The summed E-state index contributed by atoms with van der Waals surface area (Å²) >= 11 is 1.46. The van der Waals surface area contributed by atoms with Crippen molar-refractivity contribution in [3.8, 4) is 11.3 Å². The van der Waals surface area contributed by atoms with E-state index in [1.165, 1.54) is 29.7 Å². The van der Waals surface area contributed by atoms with Crippen molar-refractivity contribution >= 4 is 26.3 Å². The Morgan fingerprint density at radius 1 is 1.28 bits per heavy atom. The SMILES string of the molecule is CS(=O)(=O)CC1(CNc2nc(-c3ccc(F)cc3)cs2)CCOCC1. The van der Waals surface area contributed by atoms with Crippen molar-refractivity contribution in [2.75, 3.05) is 37.1 Å². The van der Waals surface area contributed by atoms with Crippen molar-refractivity contribution in [1.29, 1.82) is 0 Å². The summed E-state index contributed by atoms with van der Waals surface area (Å²) in [5.41, 5.74) is 1.30. The minimum Gasteiger partial charge on any atom is -0.381 e. The zero-order chi connectivity index (χ0) is 17.9. The highest BCUT2D eigenvalue weighted by atomic mass is 32.2. The molecule has 1 aliphatic rings. The Kier molecular flexibility index (Phi) is 5.41. The molecule has 2 aromatic rings. The fourth-order valence-corrected chi connectivity index (χ4v) is 5.33. The van der Waals surface area contributed by atoms with Crippen molar-refractivity contribution in [2.24, 2.45) is 5.41 Å². The van der Waals surface area contributed by atoms with Crippen molar-refractivity contribution in [3.05, 3.63) is 35.5 Å². The van der Waals surface area contributed by atoms with Gasteiger partial charge in [-0.15, -0.1) is 11.3 Å². The Morgan fingerprint density at radius 2 is 1.96 bits per heavy atom. The first kappa shape index (κ1) is 18.3. The number of rotatable bonds is 6. The van der Waals surface area contributed by atoms with Gasteiger partial charge < -0.3 is 10.1 Å². The van der Waals surface area contributed by atoms with Gasteiger partial charge in [0.05, 0.1) is 11.4 Å². The molecule has 136 valence electrons. The lowest BCUT2D eigenvalue weighted by Gasteiger charge is -2.36. The van der Waals surface area contributed by atoms with E-state index in [0.29, 0.717) is 32.6 Å². The Morgan fingerprint density at radius 3 is 2.60 bits per heavy atom. The number of halogens is 1. The second-order valence-electron chi connectivity index (χ2n) is 6.58. The number of aromatic nitrogens is 1. The van der Waals surface area contributed by atoms with Crippen LogP contribution in [0.15, 0.2) is 29.6 Å². The number of anilines is 1. The standard InChI is InChI=1S/C17H21FN2O3S2/c1-25(21,22)12-17(6-8-23-9-7-17)11-19-16-20-15(10-24-16)13-2-4-14(18)5-3-13/h2-5,10H,6-9,11-12H2,1H3,(H,19,20). The Balaban J connectivity index is 1.70. The summed E-state index contributed by atoms with van der Waals surface area (Å²) in [7, 11) is -3.08. The van der Waals surface area contributed by atoms with Gasteiger partial charge in [-0.05, 0) is 37.1 Å². The van der Waals surface area contributed by atoms with Crippen LogP contribution in [0.1, 0.15) is 12.8 Å². The Labute approximate surface area is 151 Å². The summed E-state index contributed by atoms with van der Waals surface area (Å²) in [6.45, 7) is 1.70. The lowest BCUT2D eigenvalue weighted by molar-refractivity contribution is 0.0315. The van der Waals surface area contributed by atoms with Crippen LogP contribution in [-0.4, -0.2) is 45.2 Å². The van der Waals surface area contributed by atoms with Gasteiger partial charge in [0.2, 0.25) is 0 Å². The van der Waals surface area contributed by atoms with E-state index in [4.69, 9.17) is 4.74 Å². The van der Waals surface area contributed by atoms with Gasteiger partial charge in [-0.1, -0.05) is 0 Å². The highest BCUT2D eigenvalue weighted by Crippen LogP contribution is 2.33. The predicted molar refractivity (Wildman–Crippen MR) is 98.2 cm³/mol. The maximum Gasteiger partial charge on any atom is 0.183 e. The van der Waals surface area contributed by atoms with Crippen molar-refractivity contribution < 1.29 is 17.5 Å². The fraction of sp³-hybridized carbons (Fsp3) is 0.471. The molecule has 0 amide bonds. The average Bonchev–Trinajstić information content (AvgIpc) is 3.02. The van der Waals surface area contributed by atoms with Gasteiger partial charge in [-0.3, -0.25) is 0 Å². The van der Waals surface area contributed by atoms with Crippen molar-refractivity contribution in [3.63, 3.8) is 0 Å². The lowest BCUT2D eigenvalue weighted by atomic mass is 9.82. The normalized spacial score (nSPS) is 17.4. The molecular weight excluding hydrogens is 363 g/mol. The van der Waals surface area contributed by atoms with Crippen LogP contribution in [0.4, 0.5) is 9.52 Å². The van der Waals surface area contributed by atoms with Gasteiger partial charge >= 0.3 is 0 Å². The molecule has 1 aliphatic heterocycles. The summed E-state index contributed by atoms with van der Waals surface area (Å²) in [5, 5.41) is 5.93. The molecule has 25 heavy (non-hydrogen) atoms. The third kappa shape index (κ3) is 4.99. The van der Waals surface area contributed by atoms with E-state index in [9.17, 15) is 12.8 Å². The van der Waals surface area contributed by atoms with Crippen LogP contribution in [0.3, 0.4) is 0 Å². The largest absolute Gasteiger partial charge is 0.381 e. The van der Waals surface area contributed by atoms with E-state index in [0.717, 1.165) is 16.4 Å². The summed E-state index contributed by atoms with van der Waals surface area (Å²) in [6.07, 6.45) is 2.70. The third-order valence-corrected chi connectivity index (χ3v) is 6.32. The van der Waals surface area contributed by atoms with Crippen LogP contribution in [0, 0.1) is 11.2 Å². The molecule has 1 N–H and O–H groups in total. The van der Waals surface area contributed by atoms with E-state index in [-0.39, 0.29) is 17.0 Å². The molecule has 0 aliphatic carbocycles. The average molecular weight is 384 g/mol. The van der Waals surface area contributed by atoms with Crippen LogP contribution in [0.25, 0.3) is 11.3 Å². The first-order valence-corrected chi connectivity index (χ1v) is 11.0. The second kappa shape index (κ2) is 7.39. The molecule has 0 spiro atoms. The van der Waals surface area contributed by atoms with Gasteiger partial charge in [0, 0.05) is 42.4 Å². The Bertz CT molecular complexity index is 813. The zero-order valence-corrected chi connectivity index (χ0v) is 15.6. The summed E-state index contributed by atoms with van der Waals surface area (Å²) in [6, 6.07) is 6.20. The third-order valence-electron chi connectivity index (χ3n) is 4.38. The molecular formula is C17H21FN2O3S2. The monoisotopic (exact) mass is 384 g/mol. The number of benzene rings is 1. The maximum atomic E-state index is 13.0. The van der Waals surface area contributed by atoms with E-state index in [1.54, 1.807) is 12.1 Å². The summed E-state index contributed by atoms with van der Waals surface area (Å²) in [4.78, 5) is 4.53. The Hall–Kier alpha value is -1.51. The quantitative estimate of drug-likeness (QED) is 0.828. The first-order chi connectivity index (χ1) is 11.9. The van der Waals surface area contributed by atoms with E-state index in [1.807, 2.05) is 5.38 Å². The van der Waals surface area contributed by atoms with Crippen LogP contribution in [0.2, 0.25) is 0 Å². The number of hydrogen-bond acceptors (Lipinski definition) is 6. The number of thiazole rings is 1. The summed E-state index contributed by atoms with van der Waals surface area (Å²) < 4.78 is 42.1. The van der Waals surface area contributed by atoms with E-state index >= 15 is 0 Å². The van der Waals surface area contributed by atoms with Crippen molar-refractivity contribution in [1.82, 2.24) is 4.98 Å². The number of hydrogen-bond donors (Lipinski definition) is 1. The molecule has 1 fully saturated rings. The lowest BCUT2D eigenvalue weighted by Crippen LogP contribution is -2.41. The van der Waals surface area contributed by atoms with E-state index in [2.05, 4.69) is 10.3 Å². The van der Waals surface area contributed by atoms with Crippen LogP contribution < -0.4 is 5.32 Å². The van der Waals surface area contributed by atoms with E-state index < -0.39 is 9.84 Å². The molecule has 1 saturated heterocycles. The van der Waals surface area contributed by atoms with Crippen LogP contribution in [0.5, 0.6) is 0 Å². The molecule has 0 unspecified atom stereocenters. The molecule has 0 bridgehead atoms. The fourth-order valence-electron chi connectivity index (χ4n) is 3.10. The van der Waals surface area contributed by atoms with Gasteiger partial charge in [0.25, 0.3) is 0 Å². The zero-order valence-electron chi connectivity index (χ0n) is 14.0. The molecule has 3 rings (SSSR count). The number of sulfone groups is 1. The molecule has 2 heterocycles. The molecule has 1 aromatic heterocycles. The number of nitrogens with one attached hydrogen (secondary N) is 1.